The zero-order valence-electron chi connectivity index (χ0n) is 36.9. The molecule has 1 amide bonds. The van der Waals surface area contributed by atoms with Gasteiger partial charge in [-0.2, -0.15) is 0 Å². The van der Waals surface area contributed by atoms with E-state index in [1.807, 2.05) is 54.7 Å². The number of amides is 1. The molecule has 0 saturated carbocycles. The number of hydrogen-bond acceptors (Lipinski definition) is 5. The first-order valence-corrected chi connectivity index (χ1v) is 23.4. The molecule has 3 unspecified atom stereocenters. The van der Waals surface area contributed by atoms with Gasteiger partial charge in [-0.1, -0.05) is 202 Å². The summed E-state index contributed by atoms with van der Waals surface area (Å²) in [6.07, 6.45) is 56.4. The Labute approximate surface area is 351 Å². The van der Waals surface area contributed by atoms with Gasteiger partial charge in [0.1, 0.15) is 6.10 Å². The molecule has 6 nitrogen and oxygen atoms in total. The molecule has 0 aromatic rings. The summed E-state index contributed by atoms with van der Waals surface area (Å²) in [5.41, 5.74) is 0. The summed E-state index contributed by atoms with van der Waals surface area (Å²) in [5.74, 6) is -0.584. The quantitative estimate of drug-likeness (QED) is 0.0248. The summed E-state index contributed by atoms with van der Waals surface area (Å²) in [7, 11) is 0. The van der Waals surface area contributed by atoms with E-state index in [1.165, 1.54) is 70.6 Å². The molecule has 0 aliphatic heterocycles. The second kappa shape index (κ2) is 44.1. The fourth-order valence-corrected chi connectivity index (χ4v) is 6.55. The Kier molecular flexibility index (Phi) is 41.9. The van der Waals surface area contributed by atoms with Crippen molar-refractivity contribution in [2.75, 3.05) is 6.61 Å². The van der Waals surface area contributed by atoms with Gasteiger partial charge in [-0.15, -0.1) is 0 Å². The third kappa shape index (κ3) is 39.6. The van der Waals surface area contributed by atoms with E-state index in [9.17, 15) is 19.8 Å². The molecule has 0 aliphatic rings. The second-order valence-corrected chi connectivity index (χ2v) is 15.5. The molecule has 0 aromatic heterocycles. The van der Waals surface area contributed by atoms with E-state index in [2.05, 4.69) is 56.5 Å². The first kappa shape index (κ1) is 54.0. The van der Waals surface area contributed by atoms with Crippen molar-refractivity contribution in [3.05, 3.63) is 85.1 Å². The van der Waals surface area contributed by atoms with Crippen LogP contribution in [0.5, 0.6) is 0 Å². The van der Waals surface area contributed by atoms with Crippen LogP contribution >= 0.6 is 0 Å². The van der Waals surface area contributed by atoms with E-state index in [-0.39, 0.29) is 24.9 Å². The van der Waals surface area contributed by atoms with Crippen molar-refractivity contribution >= 4 is 11.9 Å². The van der Waals surface area contributed by atoms with Crippen molar-refractivity contribution in [1.82, 2.24) is 5.32 Å². The Morgan fingerprint density at radius 3 is 1.60 bits per heavy atom. The Balaban J connectivity index is 4.77. The predicted octanol–water partition coefficient (Wildman–Crippen LogP) is 13.6. The van der Waals surface area contributed by atoms with E-state index in [0.29, 0.717) is 25.7 Å². The van der Waals surface area contributed by atoms with Crippen LogP contribution in [0.2, 0.25) is 0 Å². The molecule has 0 heterocycles. The van der Waals surface area contributed by atoms with E-state index < -0.39 is 18.2 Å². The summed E-state index contributed by atoms with van der Waals surface area (Å²) in [4.78, 5) is 26.0. The van der Waals surface area contributed by atoms with E-state index in [0.717, 1.165) is 77.0 Å². The zero-order chi connectivity index (χ0) is 41.7. The number of carbonyl (C=O) groups is 2. The summed E-state index contributed by atoms with van der Waals surface area (Å²) in [5, 5.41) is 23.6. The van der Waals surface area contributed by atoms with Crippen LogP contribution in [0.1, 0.15) is 201 Å². The van der Waals surface area contributed by atoms with Crippen molar-refractivity contribution in [1.29, 1.82) is 0 Å². The average Bonchev–Trinajstić information content (AvgIpc) is 3.20. The average molecular weight is 794 g/mol. The molecule has 0 saturated heterocycles. The lowest BCUT2D eigenvalue weighted by atomic mass is 10.0. The first-order chi connectivity index (χ1) is 28.0. The summed E-state index contributed by atoms with van der Waals surface area (Å²) in [6.45, 7) is 6.26. The molecule has 0 bridgehead atoms. The lowest BCUT2D eigenvalue weighted by Gasteiger charge is -2.24. The van der Waals surface area contributed by atoms with Crippen LogP contribution in [0, 0.1) is 0 Å². The third-order valence-corrected chi connectivity index (χ3v) is 10.1. The van der Waals surface area contributed by atoms with Gasteiger partial charge in [-0.25, -0.2) is 0 Å². The Morgan fingerprint density at radius 2 is 1.02 bits per heavy atom. The standard InChI is InChI=1S/C51H87NO5/c1-4-7-10-13-16-19-22-24-25-27-28-30-33-36-39-42-47(57-51(56)44-41-38-35-32-29-26-23-20-17-14-11-8-5-2)45-50(55)52-48(46-53)49(54)43-40-37-34-31-21-18-15-12-9-6-3/h8,11,14,16-17,19-20,23-26,29,32,35,47-49,53-54H,4-7,9-10,12-13,15,18,21-22,27-28,30-31,33-34,36-46H2,1-3H3,(H,52,55)/b11-8+,17-14+,19-16-,23-20-,25-24-,29-26-,35-32+. The van der Waals surface area contributed by atoms with E-state index in [1.54, 1.807) is 0 Å². The lowest BCUT2D eigenvalue weighted by molar-refractivity contribution is -0.151. The fourth-order valence-electron chi connectivity index (χ4n) is 6.55. The summed E-state index contributed by atoms with van der Waals surface area (Å²) >= 11 is 0. The number of ether oxygens (including phenoxy) is 1. The van der Waals surface area contributed by atoms with Crippen molar-refractivity contribution < 1.29 is 24.5 Å². The molecule has 6 heteroatoms. The normalized spacial score (nSPS) is 14.1. The highest BCUT2D eigenvalue weighted by Crippen LogP contribution is 2.17. The number of unbranched alkanes of at least 4 members (excludes halogenated alkanes) is 18. The molecule has 3 N–H and O–H groups in total. The van der Waals surface area contributed by atoms with Gasteiger partial charge in [0.15, 0.2) is 0 Å². The van der Waals surface area contributed by atoms with E-state index >= 15 is 0 Å². The SMILES string of the molecule is CC/C=C/C=C/C=C\C=C/C=C/CCCC(=O)OC(CCCCCCC/C=C\C/C=C\CCCCC)CC(=O)NC(CO)C(O)CCCCCCCCCCCC. The Bertz CT molecular complexity index is 1120. The number of aliphatic hydroxyl groups excluding tert-OH is 2. The highest BCUT2D eigenvalue weighted by molar-refractivity contribution is 5.77. The minimum Gasteiger partial charge on any atom is -0.462 e. The van der Waals surface area contributed by atoms with Gasteiger partial charge in [0.2, 0.25) is 5.91 Å². The van der Waals surface area contributed by atoms with Crippen molar-refractivity contribution in [2.24, 2.45) is 0 Å². The van der Waals surface area contributed by atoms with Crippen LogP contribution in [0.4, 0.5) is 0 Å². The number of carbonyl (C=O) groups excluding carboxylic acids is 2. The van der Waals surface area contributed by atoms with Gasteiger partial charge in [0.25, 0.3) is 0 Å². The smallest absolute Gasteiger partial charge is 0.306 e. The Morgan fingerprint density at radius 1 is 0.544 bits per heavy atom. The molecule has 0 fully saturated rings. The molecular formula is C51H87NO5. The number of hydrogen-bond donors (Lipinski definition) is 3. The maximum absolute atomic E-state index is 13.1. The van der Waals surface area contributed by atoms with Crippen LogP contribution < -0.4 is 5.32 Å². The monoisotopic (exact) mass is 794 g/mol. The van der Waals surface area contributed by atoms with Gasteiger partial charge in [-0.05, 0) is 70.6 Å². The number of rotatable bonds is 40. The summed E-state index contributed by atoms with van der Waals surface area (Å²) in [6, 6.07) is -0.723. The van der Waals surface area contributed by atoms with Crippen LogP contribution in [-0.2, 0) is 14.3 Å². The minimum absolute atomic E-state index is 0.0351. The molecular weight excluding hydrogens is 707 g/mol. The molecule has 0 aliphatic carbocycles. The second-order valence-electron chi connectivity index (χ2n) is 15.5. The maximum Gasteiger partial charge on any atom is 0.306 e. The minimum atomic E-state index is -0.806. The predicted molar refractivity (Wildman–Crippen MR) is 245 cm³/mol. The Hall–Kier alpha value is -2.96. The molecule has 0 spiro atoms. The third-order valence-electron chi connectivity index (χ3n) is 10.1. The number of aliphatic hydroxyl groups is 2. The number of esters is 1. The highest BCUT2D eigenvalue weighted by Gasteiger charge is 2.24. The van der Waals surface area contributed by atoms with Crippen molar-refractivity contribution in [3.8, 4) is 0 Å². The zero-order valence-corrected chi connectivity index (χ0v) is 36.9. The first-order valence-electron chi connectivity index (χ1n) is 23.4. The molecule has 0 radical (unpaired) electrons. The van der Waals surface area contributed by atoms with E-state index in [4.69, 9.17) is 4.74 Å². The maximum atomic E-state index is 13.1. The molecule has 3 atom stereocenters. The number of allylic oxidation sites excluding steroid dienone is 14. The summed E-state index contributed by atoms with van der Waals surface area (Å²) < 4.78 is 5.86. The molecule has 57 heavy (non-hydrogen) atoms. The van der Waals surface area contributed by atoms with Gasteiger partial charge in [0.05, 0.1) is 25.2 Å². The number of nitrogens with one attached hydrogen (secondary N) is 1. The highest BCUT2D eigenvalue weighted by atomic mass is 16.5. The van der Waals surface area contributed by atoms with Crippen LogP contribution in [-0.4, -0.2) is 46.9 Å². The van der Waals surface area contributed by atoms with Crippen LogP contribution in [0.3, 0.4) is 0 Å². The van der Waals surface area contributed by atoms with Crippen LogP contribution in [0.15, 0.2) is 85.1 Å². The van der Waals surface area contributed by atoms with Crippen molar-refractivity contribution in [3.63, 3.8) is 0 Å². The van der Waals surface area contributed by atoms with Gasteiger partial charge >= 0.3 is 5.97 Å². The lowest BCUT2D eigenvalue weighted by Crippen LogP contribution is -2.46. The molecule has 0 aromatic carbocycles. The van der Waals surface area contributed by atoms with Crippen molar-refractivity contribution in [2.45, 2.75) is 219 Å². The fraction of sp³-hybridized carbons (Fsp3) is 0.686. The van der Waals surface area contributed by atoms with Gasteiger partial charge < -0.3 is 20.3 Å². The van der Waals surface area contributed by atoms with Crippen LogP contribution in [0.25, 0.3) is 0 Å². The molecule has 0 rings (SSSR count). The largest absolute Gasteiger partial charge is 0.462 e. The van der Waals surface area contributed by atoms with Gasteiger partial charge in [0, 0.05) is 6.42 Å². The molecule has 326 valence electrons. The topological polar surface area (TPSA) is 95.9 Å². The van der Waals surface area contributed by atoms with Gasteiger partial charge in [-0.3, -0.25) is 9.59 Å².